The molecule has 1 aromatic heterocycles. The van der Waals surface area contributed by atoms with E-state index in [4.69, 9.17) is 4.42 Å². The lowest BCUT2D eigenvalue weighted by Crippen LogP contribution is -2.02. The van der Waals surface area contributed by atoms with Gasteiger partial charge in [0, 0.05) is 11.3 Å². The first-order valence-corrected chi connectivity index (χ1v) is 3.91. The van der Waals surface area contributed by atoms with Crippen LogP contribution in [0.4, 0.5) is 0 Å². The number of nitro groups is 1. The molecule has 1 heterocycles. The van der Waals surface area contributed by atoms with E-state index < -0.39 is 0 Å². The molecule has 0 atom stereocenters. The van der Waals surface area contributed by atoms with Gasteiger partial charge < -0.3 is 4.42 Å². The van der Waals surface area contributed by atoms with Gasteiger partial charge in [-0.2, -0.15) is 0 Å². The predicted octanol–water partition coefficient (Wildman–Crippen LogP) is 1.66. The molecule has 0 unspecified atom stereocenters. The molecule has 0 radical (unpaired) electrons. The van der Waals surface area contributed by atoms with Crippen LogP contribution in [0.25, 0.3) is 0 Å². The van der Waals surface area contributed by atoms with E-state index in [2.05, 4.69) is 0 Å². The Bertz CT molecular complexity index is 267. The van der Waals surface area contributed by atoms with Crippen molar-refractivity contribution in [1.82, 2.24) is 0 Å². The zero-order valence-electron chi connectivity index (χ0n) is 6.95. The van der Waals surface area contributed by atoms with E-state index in [0.717, 1.165) is 12.2 Å². The molecular weight excluding hydrogens is 158 g/mol. The van der Waals surface area contributed by atoms with E-state index in [1.807, 2.05) is 13.0 Å². The Hall–Kier alpha value is -1.32. The lowest BCUT2D eigenvalue weighted by Gasteiger charge is -1.90. The molecule has 0 aromatic carbocycles. The van der Waals surface area contributed by atoms with Crippen molar-refractivity contribution < 1.29 is 9.34 Å². The number of hydrogen-bond acceptors (Lipinski definition) is 3. The molecule has 12 heavy (non-hydrogen) atoms. The van der Waals surface area contributed by atoms with E-state index in [9.17, 15) is 10.1 Å². The Morgan fingerprint density at radius 3 is 2.67 bits per heavy atom. The quantitative estimate of drug-likeness (QED) is 0.508. The first-order chi connectivity index (χ1) is 5.72. The molecular formula is C8H11NO3. The number of furan rings is 1. The minimum Gasteiger partial charge on any atom is -0.466 e. The van der Waals surface area contributed by atoms with Crippen molar-refractivity contribution >= 4 is 0 Å². The number of rotatable bonds is 4. The molecule has 0 aliphatic carbocycles. The Balaban J connectivity index is 2.47. The number of nitrogens with zero attached hydrogens (tertiary/aromatic N) is 1. The van der Waals surface area contributed by atoms with E-state index in [-0.39, 0.29) is 11.5 Å². The molecule has 1 aromatic rings. The molecule has 0 saturated carbocycles. The second kappa shape index (κ2) is 3.90. The second-order valence-corrected chi connectivity index (χ2v) is 2.53. The standard InChI is InChI=1S/C8H11NO3/c1-2-7-3-4-8(12-7)5-6-9(10)11/h3-4H,2,5-6H2,1H3. The van der Waals surface area contributed by atoms with Crippen LogP contribution in [0, 0.1) is 10.1 Å². The van der Waals surface area contributed by atoms with Crippen LogP contribution in [0.15, 0.2) is 16.5 Å². The van der Waals surface area contributed by atoms with Gasteiger partial charge in [-0.15, -0.1) is 0 Å². The average Bonchev–Trinajstić information content (AvgIpc) is 2.48. The molecule has 0 spiro atoms. The van der Waals surface area contributed by atoms with Gasteiger partial charge in [-0.05, 0) is 12.1 Å². The van der Waals surface area contributed by atoms with Gasteiger partial charge in [0.25, 0.3) is 0 Å². The van der Waals surface area contributed by atoms with Gasteiger partial charge in [0.1, 0.15) is 11.5 Å². The van der Waals surface area contributed by atoms with E-state index in [1.165, 1.54) is 0 Å². The van der Waals surface area contributed by atoms with Crippen molar-refractivity contribution in [1.29, 1.82) is 0 Å². The van der Waals surface area contributed by atoms with Gasteiger partial charge in [-0.3, -0.25) is 10.1 Å². The van der Waals surface area contributed by atoms with Crippen molar-refractivity contribution in [3.63, 3.8) is 0 Å². The highest BCUT2D eigenvalue weighted by Crippen LogP contribution is 2.08. The minimum absolute atomic E-state index is 0.0589. The Morgan fingerprint density at radius 1 is 1.50 bits per heavy atom. The Labute approximate surface area is 70.3 Å². The normalized spacial score (nSPS) is 10.1. The largest absolute Gasteiger partial charge is 0.466 e. The van der Waals surface area contributed by atoms with Crippen LogP contribution in [0.3, 0.4) is 0 Å². The highest BCUT2D eigenvalue weighted by molar-refractivity contribution is 5.06. The van der Waals surface area contributed by atoms with Gasteiger partial charge in [0.2, 0.25) is 6.54 Å². The van der Waals surface area contributed by atoms with Gasteiger partial charge in [-0.25, -0.2) is 0 Å². The molecule has 4 nitrogen and oxygen atoms in total. The van der Waals surface area contributed by atoms with E-state index >= 15 is 0 Å². The fraction of sp³-hybridized carbons (Fsp3) is 0.500. The number of hydrogen-bond donors (Lipinski definition) is 0. The Kier molecular flexibility index (Phi) is 2.85. The molecule has 0 saturated heterocycles. The summed E-state index contributed by atoms with van der Waals surface area (Å²) in [5.74, 6) is 1.58. The van der Waals surface area contributed by atoms with Crippen LogP contribution in [-0.4, -0.2) is 11.5 Å². The fourth-order valence-corrected chi connectivity index (χ4v) is 0.948. The van der Waals surface area contributed by atoms with Crippen molar-refractivity contribution in [2.75, 3.05) is 6.54 Å². The summed E-state index contributed by atoms with van der Waals surface area (Å²) >= 11 is 0. The molecule has 66 valence electrons. The van der Waals surface area contributed by atoms with Gasteiger partial charge in [0.15, 0.2) is 0 Å². The van der Waals surface area contributed by atoms with Crippen molar-refractivity contribution in [3.8, 4) is 0 Å². The molecule has 0 fully saturated rings. The SMILES string of the molecule is CCc1ccc(CC[N+](=O)[O-])o1. The summed E-state index contributed by atoms with van der Waals surface area (Å²) in [6, 6.07) is 3.65. The van der Waals surface area contributed by atoms with Crippen LogP contribution in [0.5, 0.6) is 0 Å². The molecule has 0 aliphatic heterocycles. The maximum atomic E-state index is 10.0. The van der Waals surface area contributed by atoms with E-state index in [1.54, 1.807) is 6.07 Å². The summed E-state index contributed by atoms with van der Waals surface area (Å²) in [5, 5.41) is 10.0. The molecule has 0 N–H and O–H groups in total. The van der Waals surface area contributed by atoms with Crippen molar-refractivity contribution in [2.24, 2.45) is 0 Å². The number of aryl methyl sites for hydroxylation is 1. The third kappa shape index (κ3) is 2.38. The smallest absolute Gasteiger partial charge is 0.210 e. The zero-order chi connectivity index (χ0) is 8.97. The summed E-state index contributed by atoms with van der Waals surface area (Å²) in [4.78, 5) is 9.67. The summed E-state index contributed by atoms with van der Waals surface area (Å²) in [6.45, 7) is 1.92. The predicted molar refractivity (Wildman–Crippen MR) is 43.7 cm³/mol. The maximum absolute atomic E-state index is 10.0. The van der Waals surface area contributed by atoms with Gasteiger partial charge in [0.05, 0.1) is 6.42 Å². The Morgan fingerprint density at radius 2 is 2.17 bits per heavy atom. The molecule has 0 amide bonds. The van der Waals surface area contributed by atoms with Gasteiger partial charge >= 0.3 is 0 Å². The lowest BCUT2D eigenvalue weighted by molar-refractivity contribution is -0.479. The summed E-state index contributed by atoms with van der Waals surface area (Å²) in [6.07, 6.45) is 1.21. The van der Waals surface area contributed by atoms with Crippen molar-refractivity contribution in [2.45, 2.75) is 19.8 Å². The molecule has 0 aliphatic rings. The second-order valence-electron chi connectivity index (χ2n) is 2.53. The third-order valence-electron chi connectivity index (χ3n) is 1.61. The van der Waals surface area contributed by atoms with Crippen LogP contribution >= 0.6 is 0 Å². The highest BCUT2D eigenvalue weighted by Gasteiger charge is 2.03. The fourth-order valence-electron chi connectivity index (χ4n) is 0.948. The van der Waals surface area contributed by atoms with Gasteiger partial charge in [-0.1, -0.05) is 6.92 Å². The first kappa shape index (κ1) is 8.77. The van der Waals surface area contributed by atoms with E-state index in [0.29, 0.717) is 12.2 Å². The van der Waals surface area contributed by atoms with Crippen LogP contribution in [-0.2, 0) is 12.8 Å². The molecule has 1 rings (SSSR count). The summed E-state index contributed by atoms with van der Waals surface area (Å²) in [7, 11) is 0. The molecule has 0 bridgehead atoms. The van der Waals surface area contributed by atoms with Crippen LogP contribution < -0.4 is 0 Å². The zero-order valence-corrected chi connectivity index (χ0v) is 6.95. The van der Waals surface area contributed by atoms with Crippen LogP contribution in [0.2, 0.25) is 0 Å². The first-order valence-electron chi connectivity index (χ1n) is 3.91. The average molecular weight is 169 g/mol. The topological polar surface area (TPSA) is 56.3 Å². The van der Waals surface area contributed by atoms with Crippen molar-refractivity contribution in [3.05, 3.63) is 33.8 Å². The minimum atomic E-state index is -0.339. The monoisotopic (exact) mass is 169 g/mol. The molecule has 4 heteroatoms. The maximum Gasteiger partial charge on any atom is 0.210 e. The lowest BCUT2D eigenvalue weighted by atomic mass is 10.3. The highest BCUT2D eigenvalue weighted by atomic mass is 16.6. The summed E-state index contributed by atoms with van der Waals surface area (Å²) < 4.78 is 5.28. The van der Waals surface area contributed by atoms with Crippen LogP contribution in [0.1, 0.15) is 18.4 Å². The summed E-state index contributed by atoms with van der Waals surface area (Å²) in [5.41, 5.74) is 0. The third-order valence-corrected chi connectivity index (χ3v) is 1.61.